The number of nitrogens with zero attached hydrogens (tertiary/aromatic N) is 4. The van der Waals surface area contributed by atoms with Crippen LogP contribution in [0, 0.1) is 11.8 Å². The molecule has 2 heterocycles. The number of halogens is 3. The molecule has 30 heavy (non-hydrogen) atoms. The van der Waals surface area contributed by atoms with E-state index in [1.54, 1.807) is 6.07 Å². The smallest absolute Gasteiger partial charge is 0.379 e. The topological polar surface area (TPSA) is 43.2 Å². The highest BCUT2D eigenvalue weighted by molar-refractivity contribution is 5.56. The maximum Gasteiger partial charge on any atom is 0.416 e. The summed E-state index contributed by atoms with van der Waals surface area (Å²) in [4.78, 5) is 7.31. The fourth-order valence-electron chi connectivity index (χ4n) is 5.34. The summed E-state index contributed by atoms with van der Waals surface area (Å²) < 4.78 is 46.8. The molecule has 2 aliphatic carbocycles. The molecule has 1 aromatic carbocycles. The molecule has 2 aromatic rings. The van der Waals surface area contributed by atoms with Crippen molar-refractivity contribution in [3.8, 4) is 11.4 Å². The molecule has 1 aliphatic heterocycles. The summed E-state index contributed by atoms with van der Waals surface area (Å²) in [6, 6.07) is 6.04. The highest BCUT2D eigenvalue weighted by Gasteiger charge is 2.59. The third-order valence-electron chi connectivity index (χ3n) is 6.88. The molecule has 8 heteroatoms. The van der Waals surface area contributed by atoms with Crippen molar-refractivity contribution in [2.24, 2.45) is 11.8 Å². The summed E-state index contributed by atoms with van der Waals surface area (Å²) in [6.45, 7) is 7.74. The number of rotatable bonds is 4. The Labute approximate surface area is 174 Å². The molecule has 4 atom stereocenters. The summed E-state index contributed by atoms with van der Waals surface area (Å²) in [5.41, 5.74) is -0.249. The maximum absolute atomic E-state index is 13.1. The number of benzene rings is 1. The Morgan fingerprint density at radius 3 is 2.43 bits per heavy atom. The molecule has 3 fully saturated rings. The van der Waals surface area contributed by atoms with E-state index in [4.69, 9.17) is 9.72 Å². The van der Waals surface area contributed by atoms with Gasteiger partial charge in [0.15, 0.2) is 5.82 Å². The molecular formula is C22H27F3N4O. The number of morpholine rings is 1. The number of hydrogen-bond donors (Lipinski definition) is 0. The van der Waals surface area contributed by atoms with Gasteiger partial charge >= 0.3 is 6.18 Å². The van der Waals surface area contributed by atoms with Crippen LogP contribution in [0.4, 0.5) is 13.2 Å². The number of fused-ring (bicyclic) bond motifs is 1. The van der Waals surface area contributed by atoms with Crippen molar-refractivity contribution in [1.29, 1.82) is 0 Å². The van der Waals surface area contributed by atoms with E-state index in [1.165, 1.54) is 18.9 Å². The van der Waals surface area contributed by atoms with E-state index in [-0.39, 0.29) is 6.04 Å². The van der Waals surface area contributed by atoms with Crippen LogP contribution in [0.3, 0.4) is 0 Å². The Bertz CT molecular complexity index is 907. The Kier molecular flexibility index (Phi) is 4.89. The lowest BCUT2D eigenvalue weighted by atomic mass is 10.0. The van der Waals surface area contributed by atoms with Gasteiger partial charge in [-0.25, -0.2) is 9.67 Å². The zero-order valence-electron chi connectivity index (χ0n) is 17.3. The lowest BCUT2D eigenvalue weighted by molar-refractivity contribution is -0.137. The van der Waals surface area contributed by atoms with Gasteiger partial charge in [-0.1, -0.05) is 12.1 Å². The molecule has 0 spiro atoms. The van der Waals surface area contributed by atoms with Crippen LogP contribution >= 0.6 is 0 Å². The number of ether oxygens (including phenoxy) is 1. The van der Waals surface area contributed by atoms with Gasteiger partial charge in [0, 0.05) is 36.7 Å². The van der Waals surface area contributed by atoms with Gasteiger partial charge in [-0.05, 0) is 50.7 Å². The summed E-state index contributed by atoms with van der Waals surface area (Å²) in [5, 5.41) is 4.61. The largest absolute Gasteiger partial charge is 0.416 e. The monoisotopic (exact) mass is 420 g/mol. The first-order chi connectivity index (χ1) is 14.3. The Balaban J connectivity index is 1.37. The normalized spacial score (nSPS) is 29.4. The number of aromatic nitrogens is 3. The predicted octanol–water partition coefficient (Wildman–Crippen LogP) is 4.37. The van der Waals surface area contributed by atoms with Gasteiger partial charge in [0.05, 0.1) is 18.8 Å². The van der Waals surface area contributed by atoms with Crippen LogP contribution in [0.25, 0.3) is 11.4 Å². The fraction of sp³-hybridized carbons (Fsp3) is 0.636. The summed E-state index contributed by atoms with van der Waals surface area (Å²) >= 11 is 0. The van der Waals surface area contributed by atoms with Crippen LogP contribution in [0.1, 0.15) is 50.0 Å². The molecule has 1 saturated heterocycles. The molecular weight excluding hydrogens is 393 g/mol. The highest BCUT2D eigenvalue weighted by Crippen LogP contribution is 2.63. The summed E-state index contributed by atoms with van der Waals surface area (Å²) in [7, 11) is 0. The van der Waals surface area contributed by atoms with E-state index in [9.17, 15) is 13.2 Å². The minimum atomic E-state index is -4.37. The lowest BCUT2D eigenvalue weighted by Gasteiger charge is -2.33. The SMILES string of the molecule is CC(C)n1nc(-c2cccc(C(F)(F)F)c2)nc1C1[C@H]2CC(N3CCOCC3)C[C@@H]12. The van der Waals surface area contributed by atoms with E-state index in [1.807, 2.05) is 18.5 Å². The summed E-state index contributed by atoms with van der Waals surface area (Å²) in [5.74, 6) is 2.91. The van der Waals surface area contributed by atoms with Crippen molar-refractivity contribution in [2.45, 2.75) is 50.9 Å². The van der Waals surface area contributed by atoms with Gasteiger partial charge in [0.2, 0.25) is 0 Å². The predicted molar refractivity (Wildman–Crippen MR) is 106 cm³/mol. The van der Waals surface area contributed by atoms with Gasteiger partial charge in [-0.3, -0.25) is 4.90 Å². The second kappa shape index (κ2) is 7.34. The fourth-order valence-corrected chi connectivity index (χ4v) is 5.34. The van der Waals surface area contributed by atoms with Crippen molar-refractivity contribution in [3.63, 3.8) is 0 Å². The Hall–Kier alpha value is -1.93. The molecule has 3 aliphatic rings. The highest BCUT2D eigenvalue weighted by atomic mass is 19.4. The molecule has 2 saturated carbocycles. The van der Waals surface area contributed by atoms with Crippen LogP contribution in [-0.4, -0.2) is 52.0 Å². The second-order valence-electron chi connectivity index (χ2n) is 9.04. The van der Waals surface area contributed by atoms with Crippen LogP contribution < -0.4 is 0 Å². The summed E-state index contributed by atoms with van der Waals surface area (Å²) in [6.07, 6.45) is -2.04. The molecule has 0 amide bonds. The first-order valence-electron chi connectivity index (χ1n) is 10.8. The Morgan fingerprint density at radius 1 is 1.10 bits per heavy atom. The zero-order valence-corrected chi connectivity index (χ0v) is 17.3. The molecule has 5 nitrogen and oxygen atoms in total. The van der Waals surface area contributed by atoms with Gasteiger partial charge in [-0.15, -0.1) is 0 Å². The van der Waals surface area contributed by atoms with Gasteiger partial charge in [0.25, 0.3) is 0 Å². The molecule has 1 aromatic heterocycles. The van der Waals surface area contributed by atoms with Gasteiger partial charge in [-0.2, -0.15) is 18.3 Å². The first-order valence-corrected chi connectivity index (χ1v) is 10.8. The van der Waals surface area contributed by atoms with Crippen LogP contribution in [0.5, 0.6) is 0 Å². The molecule has 0 N–H and O–H groups in total. The Morgan fingerprint density at radius 2 is 1.80 bits per heavy atom. The third kappa shape index (κ3) is 3.54. The maximum atomic E-state index is 13.1. The van der Waals surface area contributed by atoms with E-state index in [0.717, 1.165) is 44.3 Å². The minimum absolute atomic E-state index is 0.114. The van der Waals surface area contributed by atoms with E-state index >= 15 is 0 Å². The molecule has 2 unspecified atom stereocenters. The molecule has 0 radical (unpaired) electrons. The van der Waals surface area contributed by atoms with Crippen LogP contribution in [0.2, 0.25) is 0 Å². The minimum Gasteiger partial charge on any atom is -0.379 e. The number of hydrogen-bond acceptors (Lipinski definition) is 4. The van der Waals surface area contributed by atoms with Crippen molar-refractivity contribution in [1.82, 2.24) is 19.7 Å². The van der Waals surface area contributed by atoms with Crippen molar-refractivity contribution in [3.05, 3.63) is 35.7 Å². The zero-order chi connectivity index (χ0) is 21.0. The van der Waals surface area contributed by atoms with E-state index < -0.39 is 11.7 Å². The standard InChI is InChI=1S/C22H27F3N4O/c1-13(2)29-21(19-17-11-16(12-18(17)19)28-6-8-30-9-7-28)26-20(27-29)14-4-3-5-15(10-14)22(23,24)25/h3-5,10,13,16-19H,6-9,11-12H2,1-2H3/t16?,17-,18+,19?. The quantitative estimate of drug-likeness (QED) is 0.737. The lowest BCUT2D eigenvalue weighted by Crippen LogP contribution is -2.43. The van der Waals surface area contributed by atoms with Gasteiger partial charge < -0.3 is 4.74 Å². The molecule has 0 bridgehead atoms. The third-order valence-corrected chi connectivity index (χ3v) is 6.88. The van der Waals surface area contributed by atoms with Crippen molar-refractivity contribution < 1.29 is 17.9 Å². The van der Waals surface area contributed by atoms with Crippen LogP contribution in [0.15, 0.2) is 24.3 Å². The van der Waals surface area contributed by atoms with E-state index in [2.05, 4.69) is 10.00 Å². The average Bonchev–Trinajstić information content (AvgIpc) is 3.10. The average molecular weight is 420 g/mol. The van der Waals surface area contributed by atoms with Crippen molar-refractivity contribution >= 4 is 0 Å². The second-order valence-corrected chi connectivity index (χ2v) is 9.04. The molecule has 5 rings (SSSR count). The first kappa shape index (κ1) is 20.0. The van der Waals surface area contributed by atoms with Gasteiger partial charge in [0.1, 0.15) is 5.82 Å². The van der Waals surface area contributed by atoms with E-state index in [0.29, 0.717) is 35.2 Å². The number of alkyl halides is 3. The van der Waals surface area contributed by atoms with Crippen LogP contribution in [-0.2, 0) is 10.9 Å². The van der Waals surface area contributed by atoms with Crippen molar-refractivity contribution in [2.75, 3.05) is 26.3 Å². The molecule has 162 valence electrons.